The van der Waals surface area contributed by atoms with Crippen LogP contribution in [0.3, 0.4) is 0 Å². The van der Waals surface area contributed by atoms with Crippen molar-refractivity contribution in [1.29, 1.82) is 0 Å². The maximum Gasteiger partial charge on any atom is 0.291 e. The molecule has 0 unspecified atom stereocenters. The van der Waals surface area contributed by atoms with Gasteiger partial charge in [0.05, 0.1) is 12.3 Å². The molecular formula is C24H23ClN4O2S. The zero-order chi connectivity index (χ0) is 22.8. The number of nitrogens with one attached hydrogen (secondary N) is 2. The molecule has 0 aliphatic carbocycles. The fourth-order valence-corrected chi connectivity index (χ4v) is 4.93. The smallest absolute Gasteiger partial charge is 0.291 e. The lowest BCUT2D eigenvalue weighted by atomic mass is 9.96. The van der Waals surface area contributed by atoms with Gasteiger partial charge in [0.1, 0.15) is 5.00 Å². The summed E-state index contributed by atoms with van der Waals surface area (Å²) in [7, 11) is 0. The first kappa shape index (κ1) is 22.0. The van der Waals surface area contributed by atoms with Crippen molar-refractivity contribution in [3.8, 4) is 0 Å². The van der Waals surface area contributed by atoms with Crippen LogP contribution in [0.15, 0.2) is 53.1 Å². The number of furan rings is 1. The number of benzene rings is 1. The second-order valence-electron chi connectivity index (χ2n) is 7.53. The van der Waals surface area contributed by atoms with Crippen LogP contribution in [0.1, 0.15) is 49.6 Å². The minimum absolute atomic E-state index is 0.250. The minimum atomic E-state index is -0.373. The van der Waals surface area contributed by atoms with Crippen molar-refractivity contribution in [2.45, 2.75) is 33.7 Å². The zero-order valence-corrected chi connectivity index (χ0v) is 19.8. The second kappa shape index (κ2) is 9.14. The third-order valence-electron chi connectivity index (χ3n) is 5.16. The van der Waals surface area contributed by atoms with Crippen LogP contribution in [-0.2, 0) is 0 Å². The van der Waals surface area contributed by atoms with Gasteiger partial charge in [-0.15, -0.1) is 11.3 Å². The largest absolute Gasteiger partial charge is 0.459 e. The van der Waals surface area contributed by atoms with Gasteiger partial charge in [-0.25, -0.2) is 9.97 Å². The Hall–Kier alpha value is -3.16. The molecule has 1 atom stereocenters. The van der Waals surface area contributed by atoms with E-state index in [4.69, 9.17) is 16.0 Å². The molecule has 8 heteroatoms. The molecule has 1 amide bonds. The van der Waals surface area contributed by atoms with Gasteiger partial charge < -0.3 is 15.1 Å². The van der Waals surface area contributed by atoms with Gasteiger partial charge in [-0.3, -0.25) is 4.79 Å². The standard InChI is InChI=1S/C24H23ClN4O2S/c1-13-12-14(2)27-24(26-13)28-21(17-8-5-6-9-18(17)25)20-15(3)16(4)32-23(20)29-22(30)19-10-7-11-31-19/h5-12,21H,1-4H3,(H,29,30)(H,26,27,28)/t21-/m0/s1. The van der Waals surface area contributed by atoms with Crippen LogP contribution in [0.4, 0.5) is 10.9 Å². The summed E-state index contributed by atoms with van der Waals surface area (Å²) in [6, 6.07) is 12.5. The summed E-state index contributed by atoms with van der Waals surface area (Å²) in [5, 5.41) is 7.81. The number of aromatic nitrogens is 2. The van der Waals surface area contributed by atoms with Crippen molar-refractivity contribution < 1.29 is 9.21 Å². The summed E-state index contributed by atoms with van der Waals surface area (Å²) < 4.78 is 5.27. The molecule has 0 saturated carbocycles. The molecule has 0 aliphatic rings. The second-order valence-corrected chi connectivity index (χ2v) is 9.16. The van der Waals surface area contributed by atoms with Crippen molar-refractivity contribution >= 4 is 39.8 Å². The Morgan fingerprint density at radius 2 is 1.78 bits per heavy atom. The summed E-state index contributed by atoms with van der Waals surface area (Å²) in [6.45, 7) is 7.93. The fourth-order valence-electron chi connectivity index (χ4n) is 3.59. The number of amides is 1. The average Bonchev–Trinajstić information content (AvgIpc) is 3.36. The van der Waals surface area contributed by atoms with Crippen LogP contribution in [-0.4, -0.2) is 15.9 Å². The topological polar surface area (TPSA) is 80.0 Å². The zero-order valence-electron chi connectivity index (χ0n) is 18.2. The molecule has 3 aromatic heterocycles. The van der Waals surface area contributed by atoms with Crippen LogP contribution >= 0.6 is 22.9 Å². The Bertz CT molecular complexity index is 1250. The molecule has 1 aromatic carbocycles. The molecule has 0 spiro atoms. The number of halogens is 1. The summed E-state index contributed by atoms with van der Waals surface area (Å²) in [6.07, 6.45) is 1.48. The van der Waals surface area contributed by atoms with Crippen molar-refractivity contribution in [2.75, 3.05) is 10.6 Å². The van der Waals surface area contributed by atoms with Crippen molar-refractivity contribution in [2.24, 2.45) is 0 Å². The van der Waals surface area contributed by atoms with E-state index < -0.39 is 0 Å². The van der Waals surface area contributed by atoms with E-state index in [1.165, 1.54) is 17.6 Å². The van der Waals surface area contributed by atoms with Crippen molar-refractivity contribution in [3.63, 3.8) is 0 Å². The van der Waals surface area contributed by atoms with Gasteiger partial charge in [0.2, 0.25) is 5.95 Å². The number of nitrogens with zero attached hydrogens (tertiary/aromatic N) is 2. The van der Waals surface area contributed by atoms with E-state index in [0.717, 1.165) is 38.0 Å². The molecule has 2 N–H and O–H groups in total. The third kappa shape index (κ3) is 4.54. The number of anilines is 2. The Morgan fingerprint density at radius 3 is 2.44 bits per heavy atom. The fraction of sp³-hybridized carbons (Fsp3) is 0.208. The van der Waals surface area contributed by atoms with Crippen molar-refractivity contribution in [3.05, 3.63) is 92.5 Å². The Morgan fingerprint density at radius 1 is 1.06 bits per heavy atom. The van der Waals surface area contributed by atoms with Crippen LogP contribution in [0.25, 0.3) is 0 Å². The Labute approximate surface area is 195 Å². The van der Waals surface area contributed by atoms with Crippen LogP contribution in [0.5, 0.6) is 0 Å². The van der Waals surface area contributed by atoms with Crippen LogP contribution < -0.4 is 10.6 Å². The molecule has 4 rings (SSSR count). The van der Waals surface area contributed by atoms with Gasteiger partial charge >= 0.3 is 0 Å². The summed E-state index contributed by atoms with van der Waals surface area (Å²) >= 11 is 8.13. The number of hydrogen-bond donors (Lipinski definition) is 2. The highest BCUT2D eigenvalue weighted by Crippen LogP contribution is 2.42. The maximum absolute atomic E-state index is 12.8. The molecule has 0 bridgehead atoms. The van der Waals surface area contributed by atoms with E-state index >= 15 is 0 Å². The van der Waals surface area contributed by atoms with Gasteiger partial charge in [-0.2, -0.15) is 0 Å². The lowest BCUT2D eigenvalue weighted by Crippen LogP contribution is -2.19. The van der Waals surface area contributed by atoms with Crippen LogP contribution in [0, 0.1) is 27.7 Å². The SMILES string of the molecule is Cc1cc(C)nc(N[C@@H](c2ccccc2Cl)c2c(NC(=O)c3ccco3)sc(C)c2C)n1. The molecule has 4 aromatic rings. The lowest BCUT2D eigenvalue weighted by Gasteiger charge is -2.23. The normalized spacial score (nSPS) is 11.9. The van der Waals surface area contributed by atoms with Crippen molar-refractivity contribution in [1.82, 2.24) is 9.97 Å². The predicted octanol–water partition coefficient (Wildman–Crippen LogP) is 6.47. The molecule has 0 saturated heterocycles. The first-order valence-corrected chi connectivity index (χ1v) is 11.3. The molecule has 164 valence electrons. The van der Waals surface area contributed by atoms with E-state index in [0.29, 0.717) is 11.0 Å². The molecule has 0 radical (unpaired) electrons. The summed E-state index contributed by atoms with van der Waals surface area (Å²) in [5.41, 5.74) is 4.58. The summed E-state index contributed by atoms with van der Waals surface area (Å²) in [5.74, 6) is 0.441. The number of aryl methyl sites for hydroxylation is 3. The van der Waals surface area contributed by atoms with Gasteiger partial charge in [0, 0.05) is 26.9 Å². The lowest BCUT2D eigenvalue weighted by molar-refractivity contribution is 0.0997. The molecule has 32 heavy (non-hydrogen) atoms. The number of thiophene rings is 1. The van der Waals surface area contributed by atoms with E-state index in [9.17, 15) is 4.79 Å². The van der Waals surface area contributed by atoms with Gasteiger partial charge in [0.15, 0.2) is 5.76 Å². The maximum atomic E-state index is 12.8. The quantitative estimate of drug-likeness (QED) is 0.340. The first-order chi connectivity index (χ1) is 15.3. The molecular weight excluding hydrogens is 444 g/mol. The van der Waals surface area contributed by atoms with Gasteiger partial charge in [-0.1, -0.05) is 29.8 Å². The predicted molar refractivity (Wildman–Crippen MR) is 129 cm³/mol. The molecule has 3 heterocycles. The third-order valence-corrected chi connectivity index (χ3v) is 6.65. The average molecular weight is 467 g/mol. The Kier molecular flexibility index (Phi) is 6.30. The van der Waals surface area contributed by atoms with Crippen LogP contribution in [0.2, 0.25) is 5.02 Å². The number of rotatable bonds is 6. The molecule has 0 fully saturated rings. The highest BCUT2D eigenvalue weighted by Gasteiger charge is 2.27. The highest BCUT2D eigenvalue weighted by molar-refractivity contribution is 7.16. The van der Waals surface area contributed by atoms with E-state index in [1.54, 1.807) is 12.1 Å². The number of hydrogen-bond acceptors (Lipinski definition) is 6. The minimum Gasteiger partial charge on any atom is -0.459 e. The number of carbonyl (C=O) groups is 1. The number of carbonyl (C=O) groups excluding carboxylic acids is 1. The molecule has 6 nitrogen and oxygen atoms in total. The van der Waals surface area contributed by atoms with Gasteiger partial charge in [0.25, 0.3) is 5.91 Å². The Balaban J connectivity index is 1.82. The van der Waals surface area contributed by atoms with E-state index in [1.807, 2.05) is 58.0 Å². The first-order valence-electron chi connectivity index (χ1n) is 10.1. The monoisotopic (exact) mass is 466 g/mol. The highest BCUT2D eigenvalue weighted by atomic mass is 35.5. The molecule has 0 aliphatic heterocycles. The van der Waals surface area contributed by atoms with E-state index in [-0.39, 0.29) is 17.7 Å². The summed E-state index contributed by atoms with van der Waals surface area (Å²) in [4.78, 5) is 23.0. The van der Waals surface area contributed by atoms with E-state index in [2.05, 4.69) is 20.6 Å². The van der Waals surface area contributed by atoms with Gasteiger partial charge in [-0.05, 0) is 63.1 Å².